The van der Waals surface area contributed by atoms with E-state index >= 15 is 4.11 Å². The average Bonchev–Trinajstić information content (AvgIpc) is 3.51. The highest BCUT2D eigenvalue weighted by atomic mass is 35.5. The van der Waals surface area contributed by atoms with Gasteiger partial charge in [-0.1, -0.05) is 18.5 Å². The molecule has 11 heteroatoms. The second kappa shape index (κ2) is 11.2. The van der Waals surface area contributed by atoms with Crippen molar-refractivity contribution in [3.63, 3.8) is 0 Å². The normalized spacial score (nSPS) is 28.9. The molecule has 0 aromatic heterocycles. The lowest BCUT2D eigenvalue weighted by atomic mass is 9.82. The number of fused-ring (bicyclic) bond motifs is 2. The topological polar surface area (TPSA) is 96.4 Å². The SMILES string of the molecule is COC(=O)CCCCN1C(=O)[C@]2(O[C@H](CC(=O)N3CCC[C@H]3CO)[C@@H]([Si](C)(C)F)[C@@H]2C)c2cc(Cl)ccc21. The van der Waals surface area contributed by atoms with Crippen molar-refractivity contribution < 1.29 is 33.1 Å². The number of rotatable bonds is 9. The van der Waals surface area contributed by atoms with Crippen LogP contribution in [0.3, 0.4) is 0 Å². The molecule has 8 nitrogen and oxygen atoms in total. The van der Waals surface area contributed by atoms with Crippen molar-refractivity contribution in [3.8, 4) is 0 Å². The Kier molecular flexibility index (Phi) is 8.57. The Bertz CT molecular complexity index is 1080. The van der Waals surface area contributed by atoms with Gasteiger partial charge in [0.2, 0.25) is 14.3 Å². The van der Waals surface area contributed by atoms with E-state index in [0.717, 1.165) is 12.8 Å². The maximum Gasteiger partial charge on any atom is 0.305 e. The summed E-state index contributed by atoms with van der Waals surface area (Å²) in [5.41, 5.74) is -0.788. The third-order valence-electron chi connectivity index (χ3n) is 8.45. The highest BCUT2D eigenvalue weighted by molar-refractivity contribution is 6.72. The summed E-state index contributed by atoms with van der Waals surface area (Å²) in [7, 11) is -2.07. The van der Waals surface area contributed by atoms with Crippen molar-refractivity contribution in [3.05, 3.63) is 28.8 Å². The third-order valence-corrected chi connectivity index (χ3v) is 11.1. The fraction of sp³-hybridized carbons (Fsp3) is 0.667. The van der Waals surface area contributed by atoms with Gasteiger partial charge in [-0.3, -0.25) is 14.4 Å². The fourth-order valence-electron chi connectivity index (χ4n) is 6.73. The number of benzene rings is 1. The molecule has 210 valence electrons. The van der Waals surface area contributed by atoms with Crippen molar-refractivity contribution >= 4 is 43.5 Å². The molecule has 3 aliphatic heterocycles. The lowest BCUT2D eigenvalue weighted by Gasteiger charge is -2.31. The molecule has 4 rings (SSSR count). The molecular formula is C27H38ClFN2O6Si. The van der Waals surface area contributed by atoms with Crippen LogP contribution in [0.25, 0.3) is 0 Å². The second-order valence-electron chi connectivity index (χ2n) is 11.2. The van der Waals surface area contributed by atoms with E-state index in [1.165, 1.54) is 7.11 Å². The van der Waals surface area contributed by atoms with Crippen LogP contribution in [0.5, 0.6) is 0 Å². The Balaban J connectivity index is 1.65. The van der Waals surface area contributed by atoms with Gasteiger partial charge in [-0.05, 0) is 57.0 Å². The quantitative estimate of drug-likeness (QED) is 0.208. The Hall–Kier alpha value is -2.01. The van der Waals surface area contributed by atoms with Gasteiger partial charge >= 0.3 is 5.97 Å². The molecule has 0 unspecified atom stereocenters. The largest absolute Gasteiger partial charge is 0.469 e. The number of ether oxygens (including phenoxy) is 2. The van der Waals surface area contributed by atoms with Gasteiger partial charge in [0.25, 0.3) is 5.91 Å². The van der Waals surface area contributed by atoms with E-state index in [4.69, 9.17) is 21.1 Å². The maximum atomic E-state index is 15.9. The van der Waals surface area contributed by atoms with Gasteiger partial charge in [0.05, 0.1) is 38.0 Å². The molecule has 3 heterocycles. The first-order valence-corrected chi connectivity index (χ1v) is 16.7. The van der Waals surface area contributed by atoms with Gasteiger partial charge in [-0.15, -0.1) is 0 Å². The van der Waals surface area contributed by atoms with Gasteiger partial charge in [-0.25, -0.2) is 0 Å². The number of halogens is 2. The van der Waals surface area contributed by atoms with Gasteiger partial charge < -0.3 is 28.5 Å². The highest BCUT2D eigenvalue weighted by Gasteiger charge is 2.67. The summed E-state index contributed by atoms with van der Waals surface area (Å²) >= 11 is 6.38. The number of likely N-dealkylation sites (tertiary alicyclic amines) is 1. The first-order chi connectivity index (χ1) is 17.9. The van der Waals surface area contributed by atoms with Crippen LogP contribution in [0, 0.1) is 5.92 Å². The summed E-state index contributed by atoms with van der Waals surface area (Å²) < 4.78 is 27.3. The summed E-state index contributed by atoms with van der Waals surface area (Å²) in [5, 5.41) is 10.1. The number of anilines is 1. The first-order valence-electron chi connectivity index (χ1n) is 13.4. The molecule has 0 saturated carbocycles. The van der Waals surface area contributed by atoms with Gasteiger partial charge in [0.15, 0.2) is 5.60 Å². The van der Waals surface area contributed by atoms with E-state index in [-0.39, 0.29) is 43.3 Å². The minimum absolute atomic E-state index is 0.0457. The molecule has 1 N–H and O–H groups in total. The minimum atomic E-state index is -3.41. The molecule has 1 aromatic rings. The number of unbranched alkanes of at least 4 members (excludes halogenated alkanes) is 1. The van der Waals surface area contributed by atoms with E-state index in [1.807, 2.05) is 6.92 Å². The molecule has 0 radical (unpaired) electrons. The second-order valence-corrected chi connectivity index (χ2v) is 15.4. The number of carbonyl (C=O) groups excluding carboxylic acids is 3. The number of hydrogen-bond donors (Lipinski definition) is 1. The van der Waals surface area contributed by atoms with E-state index in [2.05, 4.69) is 0 Å². The zero-order valence-corrected chi connectivity index (χ0v) is 24.3. The number of aliphatic hydroxyl groups excluding tert-OH is 1. The number of amides is 2. The Morgan fingerprint density at radius 1 is 1.32 bits per heavy atom. The summed E-state index contributed by atoms with van der Waals surface area (Å²) in [6, 6.07) is 4.97. The van der Waals surface area contributed by atoms with Crippen LogP contribution in [0.15, 0.2) is 18.2 Å². The maximum absolute atomic E-state index is 15.9. The predicted molar refractivity (Wildman–Crippen MR) is 144 cm³/mol. The molecule has 2 fully saturated rings. The number of aliphatic hydroxyl groups is 1. The van der Waals surface area contributed by atoms with Crippen LogP contribution in [-0.2, 0) is 29.5 Å². The van der Waals surface area contributed by atoms with Crippen molar-refractivity contribution in [1.29, 1.82) is 0 Å². The summed E-state index contributed by atoms with van der Waals surface area (Å²) in [6.45, 7) is 5.85. The molecule has 3 aliphatic rings. The predicted octanol–water partition coefficient (Wildman–Crippen LogP) is 4.18. The zero-order valence-electron chi connectivity index (χ0n) is 22.5. The smallest absolute Gasteiger partial charge is 0.305 e. The van der Waals surface area contributed by atoms with Crippen LogP contribution in [0.1, 0.15) is 51.0 Å². The van der Waals surface area contributed by atoms with Gasteiger partial charge in [0.1, 0.15) is 0 Å². The number of hydrogen-bond acceptors (Lipinski definition) is 6. The first kappa shape index (κ1) is 29.0. The number of nitrogens with zero attached hydrogens (tertiary/aromatic N) is 2. The zero-order chi connectivity index (χ0) is 27.8. The van der Waals surface area contributed by atoms with E-state index in [1.54, 1.807) is 41.1 Å². The molecule has 38 heavy (non-hydrogen) atoms. The van der Waals surface area contributed by atoms with Crippen molar-refractivity contribution in [2.45, 2.75) is 81.8 Å². The van der Waals surface area contributed by atoms with Crippen LogP contribution in [0.4, 0.5) is 9.80 Å². The molecule has 2 saturated heterocycles. The Morgan fingerprint density at radius 2 is 2.05 bits per heavy atom. The van der Waals surface area contributed by atoms with Crippen LogP contribution >= 0.6 is 11.6 Å². The van der Waals surface area contributed by atoms with Crippen molar-refractivity contribution in [2.75, 3.05) is 31.7 Å². The Morgan fingerprint density at radius 3 is 2.71 bits per heavy atom. The molecule has 5 atom stereocenters. The summed E-state index contributed by atoms with van der Waals surface area (Å²) in [4.78, 5) is 42.4. The van der Waals surface area contributed by atoms with Crippen molar-refractivity contribution in [1.82, 2.24) is 4.90 Å². The summed E-state index contributed by atoms with van der Waals surface area (Å²) in [6.07, 6.45) is 2.09. The molecular weight excluding hydrogens is 531 g/mol. The number of carbonyl (C=O) groups is 3. The van der Waals surface area contributed by atoms with E-state index in [0.29, 0.717) is 42.2 Å². The molecule has 1 aromatic carbocycles. The standard InChI is InChI=1S/C27H38ClFN2O6Si/c1-17-25(38(3,4)29)22(15-23(33)30-13-7-8-19(30)16-32)37-27(17)20-14-18(28)10-11-21(20)31(26(27)35)12-6-5-9-24(34)36-2/h10-11,14,17,19,22,25,32H,5-9,12-13,15-16H2,1-4H3/t17-,19-,22+,25-,27+/m0/s1. The molecule has 0 bridgehead atoms. The van der Waals surface area contributed by atoms with Crippen LogP contribution in [-0.4, -0.2) is 75.1 Å². The molecule has 1 spiro atoms. The third kappa shape index (κ3) is 5.12. The highest BCUT2D eigenvalue weighted by Crippen LogP contribution is 2.60. The average molecular weight is 569 g/mol. The minimum Gasteiger partial charge on any atom is -0.469 e. The van der Waals surface area contributed by atoms with Crippen LogP contribution < -0.4 is 4.90 Å². The van der Waals surface area contributed by atoms with E-state index in [9.17, 15) is 19.5 Å². The molecule has 2 amide bonds. The van der Waals surface area contributed by atoms with E-state index < -0.39 is 31.6 Å². The summed E-state index contributed by atoms with van der Waals surface area (Å²) in [5.74, 6) is -1.30. The van der Waals surface area contributed by atoms with Gasteiger partial charge in [-0.2, -0.15) is 0 Å². The number of methoxy groups -OCH3 is 1. The Labute approximate surface area is 229 Å². The number of esters is 1. The van der Waals surface area contributed by atoms with Crippen molar-refractivity contribution in [2.24, 2.45) is 5.92 Å². The fourth-order valence-corrected chi connectivity index (χ4v) is 9.39. The monoisotopic (exact) mass is 568 g/mol. The lowest BCUT2D eigenvalue weighted by molar-refractivity contribution is -0.150. The molecule has 0 aliphatic carbocycles. The van der Waals surface area contributed by atoms with Crippen LogP contribution in [0.2, 0.25) is 23.7 Å². The van der Waals surface area contributed by atoms with Gasteiger partial charge in [0, 0.05) is 41.6 Å². The lowest BCUT2D eigenvalue weighted by Crippen LogP contribution is -2.45.